The minimum Gasteiger partial charge on any atom is -0.497 e. The van der Waals surface area contributed by atoms with Gasteiger partial charge in [-0.3, -0.25) is 4.79 Å². The number of carbonyl (C=O) groups excluding carboxylic acids is 1. The fourth-order valence-electron chi connectivity index (χ4n) is 1.88. The predicted molar refractivity (Wildman–Crippen MR) is 86.9 cm³/mol. The second-order valence-corrected chi connectivity index (χ2v) is 4.67. The van der Waals surface area contributed by atoms with Crippen LogP contribution in [0.4, 0.5) is 0 Å². The molecule has 0 heterocycles. The quantitative estimate of drug-likeness (QED) is 0.834. The van der Waals surface area contributed by atoms with Crippen molar-refractivity contribution in [3.05, 3.63) is 65.7 Å². The van der Waals surface area contributed by atoms with Crippen molar-refractivity contribution in [3.63, 3.8) is 0 Å². The lowest BCUT2D eigenvalue weighted by Crippen LogP contribution is -2.20. The van der Waals surface area contributed by atoms with Crippen LogP contribution >= 0.6 is 0 Å². The van der Waals surface area contributed by atoms with E-state index >= 15 is 0 Å². The van der Waals surface area contributed by atoms with Crippen LogP contribution < -0.4 is 14.8 Å². The topological polar surface area (TPSA) is 47.6 Å². The third-order valence-corrected chi connectivity index (χ3v) is 3.17. The van der Waals surface area contributed by atoms with Crippen LogP contribution in [0.15, 0.2) is 54.6 Å². The molecule has 0 saturated heterocycles. The fourth-order valence-corrected chi connectivity index (χ4v) is 1.88. The fraction of sp³-hybridized carbons (Fsp3) is 0.167. The van der Waals surface area contributed by atoms with Gasteiger partial charge in [0.05, 0.1) is 14.2 Å². The normalized spacial score (nSPS) is 10.5. The lowest BCUT2D eigenvalue weighted by atomic mass is 10.2. The highest BCUT2D eigenvalue weighted by atomic mass is 16.5. The predicted octanol–water partition coefficient (Wildman–Crippen LogP) is 3.03. The minimum absolute atomic E-state index is 0.133. The van der Waals surface area contributed by atoms with Gasteiger partial charge in [-0.25, -0.2) is 0 Å². The van der Waals surface area contributed by atoms with Gasteiger partial charge in [0.1, 0.15) is 11.5 Å². The Hall–Kier alpha value is -2.75. The van der Waals surface area contributed by atoms with Gasteiger partial charge in [-0.15, -0.1) is 0 Å². The number of ether oxygens (including phenoxy) is 2. The summed E-state index contributed by atoms with van der Waals surface area (Å²) >= 11 is 0. The number of carbonyl (C=O) groups is 1. The highest BCUT2D eigenvalue weighted by Crippen LogP contribution is 2.12. The van der Waals surface area contributed by atoms with E-state index in [2.05, 4.69) is 5.32 Å². The summed E-state index contributed by atoms with van der Waals surface area (Å²) in [5.41, 5.74) is 1.97. The van der Waals surface area contributed by atoms with E-state index in [4.69, 9.17) is 9.47 Å². The lowest BCUT2D eigenvalue weighted by Gasteiger charge is -2.04. The van der Waals surface area contributed by atoms with Crippen LogP contribution in [0.2, 0.25) is 0 Å². The molecule has 1 N–H and O–H groups in total. The van der Waals surface area contributed by atoms with E-state index < -0.39 is 0 Å². The largest absolute Gasteiger partial charge is 0.497 e. The standard InChI is InChI=1S/C18H19NO3/c1-21-16-8-3-14(4-9-16)7-12-18(20)19-13-15-5-10-17(22-2)11-6-15/h3-12H,13H2,1-2H3,(H,19,20). The molecule has 1 amide bonds. The second kappa shape index (κ2) is 7.88. The van der Waals surface area contributed by atoms with Crippen molar-refractivity contribution in [3.8, 4) is 11.5 Å². The van der Waals surface area contributed by atoms with Crippen molar-refractivity contribution in [2.45, 2.75) is 6.54 Å². The number of benzene rings is 2. The number of rotatable bonds is 6. The van der Waals surface area contributed by atoms with Gasteiger partial charge in [0.2, 0.25) is 5.91 Å². The second-order valence-electron chi connectivity index (χ2n) is 4.67. The van der Waals surface area contributed by atoms with E-state index in [1.54, 1.807) is 20.3 Å². The summed E-state index contributed by atoms with van der Waals surface area (Å²) in [6.07, 6.45) is 3.29. The van der Waals surface area contributed by atoms with Crippen molar-refractivity contribution in [1.82, 2.24) is 5.32 Å². The van der Waals surface area contributed by atoms with Crippen molar-refractivity contribution < 1.29 is 14.3 Å². The van der Waals surface area contributed by atoms with Gasteiger partial charge in [0.15, 0.2) is 0 Å². The molecule has 0 aliphatic carbocycles. The average molecular weight is 297 g/mol. The summed E-state index contributed by atoms with van der Waals surface area (Å²) in [5.74, 6) is 1.46. The minimum atomic E-state index is -0.133. The number of methoxy groups -OCH3 is 2. The van der Waals surface area contributed by atoms with Gasteiger partial charge in [-0.05, 0) is 41.5 Å². The van der Waals surface area contributed by atoms with Crippen LogP contribution in [0.3, 0.4) is 0 Å². The van der Waals surface area contributed by atoms with Gasteiger partial charge in [-0.1, -0.05) is 24.3 Å². The summed E-state index contributed by atoms with van der Waals surface area (Å²) in [7, 11) is 3.25. The monoisotopic (exact) mass is 297 g/mol. The first-order chi connectivity index (χ1) is 10.7. The van der Waals surface area contributed by atoms with Crippen LogP contribution in [0, 0.1) is 0 Å². The third-order valence-electron chi connectivity index (χ3n) is 3.17. The first-order valence-corrected chi connectivity index (χ1v) is 6.94. The van der Waals surface area contributed by atoms with Crippen LogP contribution in [-0.4, -0.2) is 20.1 Å². The Labute approximate surface area is 130 Å². The molecule has 2 aromatic rings. The Kier molecular flexibility index (Phi) is 5.60. The Morgan fingerprint density at radius 1 is 0.955 bits per heavy atom. The molecule has 0 fully saturated rings. The van der Waals surface area contributed by atoms with Gasteiger partial charge >= 0.3 is 0 Å². The zero-order valence-electron chi connectivity index (χ0n) is 12.7. The van der Waals surface area contributed by atoms with Crippen LogP contribution in [0.5, 0.6) is 11.5 Å². The highest BCUT2D eigenvalue weighted by molar-refractivity contribution is 5.91. The first kappa shape index (κ1) is 15.6. The van der Waals surface area contributed by atoms with E-state index in [0.717, 1.165) is 22.6 Å². The van der Waals surface area contributed by atoms with E-state index in [1.807, 2.05) is 48.5 Å². The van der Waals surface area contributed by atoms with E-state index in [0.29, 0.717) is 6.54 Å². The van der Waals surface area contributed by atoms with Gasteiger partial charge in [0.25, 0.3) is 0 Å². The summed E-state index contributed by atoms with van der Waals surface area (Å²) < 4.78 is 10.2. The molecule has 2 aromatic carbocycles. The van der Waals surface area contributed by atoms with Crippen LogP contribution in [0.25, 0.3) is 6.08 Å². The smallest absolute Gasteiger partial charge is 0.244 e. The molecule has 0 radical (unpaired) electrons. The van der Waals surface area contributed by atoms with E-state index in [-0.39, 0.29) is 5.91 Å². The zero-order valence-corrected chi connectivity index (χ0v) is 12.7. The highest BCUT2D eigenvalue weighted by Gasteiger charge is 1.98. The molecule has 0 unspecified atom stereocenters. The molecule has 0 aliphatic heterocycles. The van der Waals surface area contributed by atoms with Crippen molar-refractivity contribution in [2.75, 3.05) is 14.2 Å². The first-order valence-electron chi connectivity index (χ1n) is 6.94. The van der Waals surface area contributed by atoms with Gasteiger partial charge in [-0.2, -0.15) is 0 Å². The van der Waals surface area contributed by atoms with Gasteiger partial charge in [0, 0.05) is 12.6 Å². The maximum absolute atomic E-state index is 11.8. The number of nitrogens with one attached hydrogen (secondary N) is 1. The maximum atomic E-state index is 11.8. The lowest BCUT2D eigenvalue weighted by molar-refractivity contribution is -0.116. The SMILES string of the molecule is COc1ccc(C=CC(=O)NCc2ccc(OC)cc2)cc1. The van der Waals surface area contributed by atoms with Gasteiger partial charge < -0.3 is 14.8 Å². The Morgan fingerprint density at radius 2 is 1.50 bits per heavy atom. The van der Waals surface area contributed by atoms with E-state index in [9.17, 15) is 4.79 Å². The number of hydrogen-bond acceptors (Lipinski definition) is 3. The molecular formula is C18H19NO3. The molecule has 0 spiro atoms. The van der Waals surface area contributed by atoms with Crippen molar-refractivity contribution in [2.24, 2.45) is 0 Å². The Balaban J connectivity index is 1.84. The number of hydrogen-bond donors (Lipinski definition) is 1. The third kappa shape index (κ3) is 4.66. The summed E-state index contributed by atoms with van der Waals surface area (Å²) in [6, 6.07) is 15.1. The Bertz CT molecular complexity index is 630. The molecule has 114 valence electrons. The molecule has 0 bridgehead atoms. The zero-order chi connectivity index (χ0) is 15.8. The average Bonchev–Trinajstić information content (AvgIpc) is 2.59. The van der Waals surface area contributed by atoms with Crippen molar-refractivity contribution >= 4 is 12.0 Å². The number of amides is 1. The summed E-state index contributed by atoms with van der Waals surface area (Å²) in [5, 5.41) is 2.84. The molecular weight excluding hydrogens is 278 g/mol. The molecule has 0 saturated carbocycles. The van der Waals surface area contributed by atoms with Crippen molar-refractivity contribution in [1.29, 1.82) is 0 Å². The molecule has 2 rings (SSSR count). The van der Waals surface area contributed by atoms with Crippen LogP contribution in [-0.2, 0) is 11.3 Å². The molecule has 0 aromatic heterocycles. The maximum Gasteiger partial charge on any atom is 0.244 e. The summed E-state index contributed by atoms with van der Waals surface area (Å²) in [6.45, 7) is 0.482. The van der Waals surface area contributed by atoms with Crippen LogP contribution in [0.1, 0.15) is 11.1 Å². The molecule has 22 heavy (non-hydrogen) atoms. The molecule has 0 atom stereocenters. The summed E-state index contributed by atoms with van der Waals surface area (Å²) in [4.78, 5) is 11.8. The Morgan fingerprint density at radius 3 is 2.05 bits per heavy atom. The molecule has 4 nitrogen and oxygen atoms in total. The molecule has 0 aliphatic rings. The molecule has 4 heteroatoms. The van der Waals surface area contributed by atoms with E-state index in [1.165, 1.54) is 6.08 Å².